The van der Waals surface area contributed by atoms with Crippen molar-refractivity contribution in [2.45, 2.75) is 27.2 Å². The molecule has 0 atom stereocenters. The number of carbonyl (C=O) groups is 2. The zero-order chi connectivity index (χ0) is 16.4. The molecule has 0 bridgehead atoms. The maximum Gasteiger partial charge on any atom is 0.336 e. The van der Waals surface area contributed by atoms with E-state index in [1.807, 2.05) is 6.92 Å². The normalized spacial score (nSPS) is 9.33. The Morgan fingerprint density at radius 2 is 2.00 bits per heavy atom. The van der Waals surface area contributed by atoms with Crippen molar-refractivity contribution in [1.29, 1.82) is 0 Å². The van der Waals surface area contributed by atoms with Crippen LogP contribution in [0.1, 0.15) is 27.2 Å². The van der Waals surface area contributed by atoms with Gasteiger partial charge in [-0.3, -0.25) is 14.6 Å². The predicted molar refractivity (Wildman–Crippen MR) is 72.7 cm³/mol. The summed E-state index contributed by atoms with van der Waals surface area (Å²) in [5.41, 5.74) is -2.10. The molecule has 0 aliphatic heterocycles. The van der Waals surface area contributed by atoms with Crippen molar-refractivity contribution >= 4 is 12.0 Å². The Morgan fingerprint density at radius 1 is 1.38 bits per heavy atom. The molecule has 0 unspecified atom stereocenters. The molecule has 0 saturated heterocycles. The summed E-state index contributed by atoms with van der Waals surface area (Å²) in [6, 6.07) is -0.767. The molecule has 8 nitrogen and oxygen atoms in total. The summed E-state index contributed by atoms with van der Waals surface area (Å²) in [5.74, 6) is -1.39. The molecule has 0 fully saturated rings. The lowest BCUT2D eigenvalue weighted by Gasteiger charge is -2.04. The molecule has 118 valence electrons. The molecule has 2 N–H and O–H groups in total. The van der Waals surface area contributed by atoms with Gasteiger partial charge in [0.25, 0.3) is 5.56 Å². The van der Waals surface area contributed by atoms with E-state index in [1.165, 1.54) is 6.92 Å². The van der Waals surface area contributed by atoms with Gasteiger partial charge in [0.15, 0.2) is 0 Å². The third-order valence-corrected chi connectivity index (χ3v) is 1.99. The summed E-state index contributed by atoms with van der Waals surface area (Å²) >= 11 is 0. The van der Waals surface area contributed by atoms with Gasteiger partial charge in [-0.2, -0.15) is 4.39 Å². The van der Waals surface area contributed by atoms with Crippen molar-refractivity contribution in [2.75, 3.05) is 13.2 Å². The van der Waals surface area contributed by atoms with Gasteiger partial charge in [0.2, 0.25) is 5.82 Å². The minimum atomic E-state index is -1.18. The van der Waals surface area contributed by atoms with Gasteiger partial charge in [0.1, 0.15) is 0 Å². The largest absolute Gasteiger partial charge is 0.466 e. The molecule has 0 aliphatic rings. The predicted octanol–water partition coefficient (Wildman–Crippen LogP) is 0.213. The number of ether oxygens (including phenoxy) is 1. The highest BCUT2D eigenvalue weighted by Crippen LogP contribution is 1.84. The number of esters is 1. The highest BCUT2D eigenvalue weighted by atomic mass is 19.1. The molecule has 1 amide bonds. The summed E-state index contributed by atoms with van der Waals surface area (Å²) < 4.78 is 17.6. The first kappa shape index (κ1) is 18.6. The van der Waals surface area contributed by atoms with Gasteiger partial charge in [-0.25, -0.2) is 14.2 Å². The second kappa shape index (κ2) is 9.45. The van der Waals surface area contributed by atoms with E-state index in [1.54, 1.807) is 11.9 Å². The van der Waals surface area contributed by atoms with Crippen LogP contribution in [0.5, 0.6) is 0 Å². The quantitative estimate of drug-likeness (QED) is 0.776. The zero-order valence-corrected chi connectivity index (χ0v) is 12.1. The van der Waals surface area contributed by atoms with Crippen LogP contribution in [0.2, 0.25) is 0 Å². The number of carbonyl (C=O) groups excluding carboxylic acids is 2. The number of aromatic nitrogens is 2. The van der Waals surface area contributed by atoms with Crippen LogP contribution in [0, 0.1) is 5.82 Å². The van der Waals surface area contributed by atoms with E-state index >= 15 is 0 Å². The molecule has 1 heterocycles. The van der Waals surface area contributed by atoms with Crippen molar-refractivity contribution in [3.8, 4) is 0 Å². The number of hydrogen-bond acceptors (Lipinski definition) is 5. The van der Waals surface area contributed by atoms with Crippen LogP contribution in [-0.4, -0.2) is 34.7 Å². The van der Waals surface area contributed by atoms with Gasteiger partial charge in [0, 0.05) is 13.5 Å². The van der Waals surface area contributed by atoms with Crippen LogP contribution in [0.4, 0.5) is 9.18 Å². The Balaban J connectivity index is 0.000000567. The average molecular weight is 303 g/mol. The molecular weight excluding hydrogens is 285 g/mol. The van der Waals surface area contributed by atoms with Crippen LogP contribution in [-0.2, 0) is 9.53 Å². The number of nitrogens with zero attached hydrogens (tertiary/aromatic N) is 1. The van der Waals surface area contributed by atoms with E-state index in [0.29, 0.717) is 30.3 Å². The molecule has 21 heavy (non-hydrogen) atoms. The molecule has 1 aromatic rings. The summed E-state index contributed by atoms with van der Waals surface area (Å²) in [5, 5.41) is 2.37. The number of H-pyrrole nitrogens is 1. The third kappa shape index (κ3) is 7.04. The maximum absolute atomic E-state index is 12.8. The first-order valence-corrected chi connectivity index (χ1v) is 6.26. The molecule has 0 saturated carbocycles. The van der Waals surface area contributed by atoms with E-state index in [0.717, 1.165) is 0 Å². The lowest BCUT2D eigenvalue weighted by atomic mass is 10.5. The van der Waals surface area contributed by atoms with Crippen molar-refractivity contribution in [3.05, 3.63) is 32.9 Å². The zero-order valence-electron chi connectivity index (χ0n) is 12.1. The van der Waals surface area contributed by atoms with Gasteiger partial charge in [0.05, 0.1) is 12.8 Å². The van der Waals surface area contributed by atoms with Crippen molar-refractivity contribution in [2.24, 2.45) is 0 Å². The van der Waals surface area contributed by atoms with Crippen LogP contribution >= 0.6 is 0 Å². The number of nitrogens with one attached hydrogen (secondary N) is 2. The van der Waals surface area contributed by atoms with E-state index in [-0.39, 0.29) is 5.97 Å². The van der Waals surface area contributed by atoms with E-state index < -0.39 is 23.1 Å². The van der Waals surface area contributed by atoms with Gasteiger partial charge in [-0.1, -0.05) is 6.92 Å². The molecule has 1 rings (SSSR count). The number of rotatable bonds is 3. The molecule has 9 heteroatoms. The lowest BCUT2D eigenvalue weighted by molar-refractivity contribution is -0.140. The lowest BCUT2D eigenvalue weighted by Crippen LogP contribution is -2.40. The average Bonchev–Trinajstić information content (AvgIpc) is 2.40. The van der Waals surface area contributed by atoms with Crippen LogP contribution < -0.4 is 16.6 Å². The fourth-order valence-electron chi connectivity index (χ4n) is 1.12. The molecule has 1 aromatic heterocycles. The molecule has 0 spiro atoms. The number of hydrogen-bond donors (Lipinski definition) is 2. The molecule has 0 radical (unpaired) electrons. The first-order valence-electron chi connectivity index (χ1n) is 6.26. The van der Waals surface area contributed by atoms with Gasteiger partial charge < -0.3 is 10.1 Å². The third-order valence-electron chi connectivity index (χ3n) is 1.99. The number of amides is 1. The highest BCUT2D eigenvalue weighted by molar-refractivity contribution is 5.76. The monoisotopic (exact) mass is 303 g/mol. The number of halogens is 1. The van der Waals surface area contributed by atoms with Crippen LogP contribution in [0.25, 0.3) is 0 Å². The summed E-state index contributed by atoms with van der Waals surface area (Å²) in [7, 11) is 0. The Morgan fingerprint density at radius 3 is 2.43 bits per heavy atom. The summed E-state index contributed by atoms with van der Waals surface area (Å²) in [6.45, 7) is 5.85. The standard InChI is InChI=1S/C8H10FN3O3.C4H8O2/c1-2-3-10-7(14)12-4-5(9)6(13)11-8(12)15;1-3-6-4(2)5/h4H,2-3H2,1H3,(H,10,14)(H,11,13,15);3H2,1-2H3. The van der Waals surface area contributed by atoms with Crippen LogP contribution in [0.15, 0.2) is 15.8 Å². The molecule has 0 aliphatic carbocycles. The van der Waals surface area contributed by atoms with E-state index in [9.17, 15) is 23.6 Å². The Bertz CT molecular complexity index is 593. The number of aromatic amines is 1. The smallest absolute Gasteiger partial charge is 0.336 e. The summed E-state index contributed by atoms with van der Waals surface area (Å²) in [6.07, 6.45) is 1.25. The van der Waals surface area contributed by atoms with Crippen LogP contribution in [0.3, 0.4) is 0 Å². The molecular formula is C12H18FN3O5. The Hall–Kier alpha value is -2.45. The summed E-state index contributed by atoms with van der Waals surface area (Å²) in [4.78, 5) is 44.5. The second-order valence-corrected chi connectivity index (χ2v) is 3.76. The Labute approximate surface area is 119 Å². The fourth-order valence-corrected chi connectivity index (χ4v) is 1.12. The maximum atomic E-state index is 12.8. The van der Waals surface area contributed by atoms with Crippen molar-refractivity contribution in [1.82, 2.24) is 14.9 Å². The topological polar surface area (TPSA) is 110 Å². The fraction of sp³-hybridized carbons (Fsp3) is 0.500. The van der Waals surface area contributed by atoms with Crippen molar-refractivity contribution < 1.29 is 18.7 Å². The van der Waals surface area contributed by atoms with Gasteiger partial charge >= 0.3 is 17.7 Å². The first-order chi connectivity index (χ1) is 9.83. The molecule has 0 aromatic carbocycles. The van der Waals surface area contributed by atoms with Gasteiger partial charge in [-0.05, 0) is 13.3 Å². The second-order valence-electron chi connectivity index (χ2n) is 3.76. The minimum Gasteiger partial charge on any atom is -0.466 e. The van der Waals surface area contributed by atoms with Gasteiger partial charge in [-0.15, -0.1) is 0 Å². The SMILES string of the molecule is CCCNC(=O)n1cc(F)c(=O)[nH]c1=O.CCOC(C)=O. The minimum absolute atomic E-state index is 0.211. The highest BCUT2D eigenvalue weighted by Gasteiger charge is 2.09. The van der Waals surface area contributed by atoms with E-state index in [2.05, 4.69) is 10.1 Å². The van der Waals surface area contributed by atoms with E-state index in [4.69, 9.17) is 0 Å². The Kier molecular flexibility index (Phi) is 8.35. The van der Waals surface area contributed by atoms with Crippen molar-refractivity contribution in [3.63, 3.8) is 0 Å².